The maximum atomic E-state index is 12.5. The number of hydrogen-bond donors (Lipinski definition) is 1. The number of fused-ring (bicyclic) bond motifs is 1. The van der Waals surface area contributed by atoms with Gasteiger partial charge in [0.1, 0.15) is 12.3 Å². The SMILES string of the molecule is CC1Oc2ccccc2N(CC(=O)Nc2nc(CN3CCOCC3)cs2)C1=O. The lowest BCUT2D eigenvalue weighted by atomic mass is 10.2. The molecule has 1 unspecified atom stereocenters. The number of ether oxygens (including phenoxy) is 2. The van der Waals surface area contributed by atoms with Crippen molar-refractivity contribution >= 4 is 34.0 Å². The first-order valence-electron chi connectivity index (χ1n) is 9.21. The van der Waals surface area contributed by atoms with E-state index in [0.717, 1.165) is 38.5 Å². The average Bonchev–Trinajstić information content (AvgIpc) is 3.13. The van der Waals surface area contributed by atoms with Crippen LogP contribution in [-0.4, -0.2) is 60.7 Å². The summed E-state index contributed by atoms with van der Waals surface area (Å²) >= 11 is 1.39. The zero-order valence-corrected chi connectivity index (χ0v) is 16.4. The predicted molar refractivity (Wildman–Crippen MR) is 106 cm³/mol. The summed E-state index contributed by atoms with van der Waals surface area (Å²) in [5, 5.41) is 5.29. The first-order valence-corrected chi connectivity index (χ1v) is 10.1. The van der Waals surface area contributed by atoms with Gasteiger partial charge in [0.2, 0.25) is 5.91 Å². The number of nitrogens with one attached hydrogen (secondary N) is 1. The molecule has 2 aliphatic heterocycles. The molecular formula is C19H22N4O4S. The van der Waals surface area contributed by atoms with Gasteiger partial charge >= 0.3 is 0 Å². The smallest absolute Gasteiger partial charge is 0.268 e. The molecule has 148 valence electrons. The molecule has 2 amide bonds. The average molecular weight is 402 g/mol. The van der Waals surface area contributed by atoms with E-state index in [2.05, 4.69) is 15.2 Å². The molecule has 2 aliphatic rings. The second kappa shape index (κ2) is 8.26. The molecule has 9 heteroatoms. The van der Waals surface area contributed by atoms with E-state index in [-0.39, 0.29) is 18.4 Å². The maximum Gasteiger partial charge on any atom is 0.268 e. The number of benzene rings is 1. The van der Waals surface area contributed by atoms with Crippen LogP contribution in [0, 0.1) is 0 Å². The van der Waals surface area contributed by atoms with E-state index in [4.69, 9.17) is 9.47 Å². The summed E-state index contributed by atoms with van der Waals surface area (Å²) in [6, 6.07) is 7.22. The number of anilines is 2. The van der Waals surface area contributed by atoms with Crippen molar-refractivity contribution in [2.45, 2.75) is 19.6 Å². The van der Waals surface area contributed by atoms with Crippen molar-refractivity contribution in [2.24, 2.45) is 0 Å². The van der Waals surface area contributed by atoms with Crippen LogP contribution >= 0.6 is 11.3 Å². The van der Waals surface area contributed by atoms with Crippen LogP contribution in [0.5, 0.6) is 5.75 Å². The van der Waals surface area contributed by atoms with Crippen LogP contribution in [0.15, 0.2) is 29.6 Å². The van der Waals surface area contributed by atoms with Crippen molar-refractivity contribution < 1.29 is 19.1 Å². The molecule has 1 N–H and O–H groups in total. The molecule has 0 bridgehead atoms. The third-order valence-electron chi connectivity index (χ3n) is 4.66. The number of amides is 2. The van der Waals surface area contributed by atoms with Crippen molar-refractivity contribution in [3.05, 3.63) is 35.3 Å². The van der Waals surface area contributed by atoms with Crippen LogP contribution in [0.3, 0.4) is 0 Å². The Balaban J connectivity index is 1.39. The molecule has 0 aliphatic carbocycles. The Labute approximate surface area is 167 Å². The van der Waals surface area contributed by atoms with Crippen LogP contribution in [0.2, 0.25) is 0 Å². The van der Waals surface area contributed by atoms with E-state index in [9.17, 15) is 9.59 Å². The van der Waals surface area contributed by atoms with Crippen LogP contribution in [-0.2, 0) is 20.9 Å². The Kier molecular flexibility index (Phi) is 5.56. The number of hydrogen-bond acceptors (Lipinski definition) is 7. The fourth-order valence-corrected chi connectivity index (χ4v) is 3.97. The fraction of sp³-hybridized carbons (Fsp3) is 0.421. The third-order valence-corrected chi connectivity index (χ3v) is 5.47. The van der Waals surface area contributed by atoms with E-state index in [1.54, 1.807) is 19.1 Å². The highest BCUT2D eigenvalue weighted by Crippen LogP contribution is 2.33. The molecule has 1 aromatic carbocycles. The van der Waals surface area contributed by atoms with Gasteiger partial charge in [0.05, 0.1) is 24.6 Å². The largest absolute Gasteiger partial charge is 0.479 e. The zero-order valence-electron chi connectivity index (χ0n) is 15.6. The Hall–Kier alpha value is -2.49. The topological polar surface area (TPSA) is 84.0 Å². The zero-order chi connectivity index (χ0) is 19.5. The Morgan fingerprint density at radius 2 is 2.11 bits per heavy atom. The number of aromatic nitrogens is 1. The second-order valence-corrected chi connectivity index (χ2v) is 7.59. The number of carbonyl (C=O) groups is 2. The summed E-state index contributed by atoms with van der Waals surface area (Å²) in [4.78, 5) is 33.3. The van der Waals surface area contributed by atoms with E-state index in [0.29, 0.717) is 16.6 Å². The Bertz CT molecular complexity index is 865. The van der Waals surface area contributed by atoms with Gasteiger partial charge in [-0.15, -0.1) is 11.3 Å². The quantitative estimate of drug-likeness (QED) is 0.820. The molecule has 1 saturated heterocycles. The minimum atomic E-state index is -0.623. The van der Waals surface area contributed by atoms with Gasteiger partial charge in [0.15, 0.2) is 11.2 Å². The van der Waals surface area contributed by atoms with Crippen molar-refractivity contribution in [3.8, 4) is 5.75 Å². The molecule has 1 fully saturated rings. The van der Waals surface area contributed by atoms with Gasteiger partial charge < -0.3 is 14.8 Å². The van der Waals surface area contributed by atoms with Crippen LogP contribution in [0.4, 0.5) is 10.8 Å². The van der Waals surface area contributed by atoms with E-state index >= 15 is 0 Å². The van der Waals surface area contributed by atoms with Crippen molar-refractivity contribution in [1.29, 1.82) is 0 Å². The van der Waals surface area contributed by atoms with Crippen LogP contribution < -0.4 is 15.0 Å². The summed E-state index contributed by atoms with van der Waals surface area (Å²) in [5.74, 6) is 0.0787. The molecule has 4 rings (SSSR count). The Morgan fingerprint density at radius 1 is 1.32 bits per heavy atom. The minimum absolute atomic E-state index is 0.0814. The summed E-state index contributed by atoms with van der Waals surface area (Å²) < 4.78 is 11.0. The number of carbonyl (C=O) groups excluding carboxylic acids is 2. The lowest BCUT2D eigenvalue weighted by Crippen LogP contribution is -2.47. The molecule has 0 radical (unpaired) electrons. The number of thiazole rings is 1. The van der Waals surface area contributed by atoms with E-state index in [1.165, 1.54) is 16.2 Å². The number of rotatable bonds is 5. The molecule has 1 atom stereocenters. The summed E-state index contributed by atoms with van der Waals surface area (Å²) in [6.45, 7) is 5.58. The molecule has 1 aromatic heterocycles. The number of para-hydroxylation sites is 2. The highest BCUT2D eigenvalue weighted by atomic mass is 32.1. The predicted octanol–water partition coefficient (Wildman–Crippen LogP) is 1.73. The molecule has 0 spiro atoms. The molecule has 28 heavy (non-hydrogen) atoms. The summed E-state index contributed by atoms with van der Waals surface area (Å²) in [5.41, 5.74) is 1.52. The fourth-order valence-electron chi connectivity index (χ4n) is 3.25. The van der Waals surface area contributed by atoms with E-state index < -0.39 is 6.10 Å². The van der Waals surface area contributed by atoms with Crippen LogP contribution in [0.1, 0.15) is 12.6 Å². The van der Waals surface area contributed by atoms with Crippen molar-refractivity contribution in [1.82, 2.24) is 9.88 Å². The maximum absolute atomic E-state index is 12.5. The van der Waals surface area contributed by atoms with Crippen LogP contribution in [0.25, 0.3) is 0 Å². The molecule has 0 saturated carbocycles. The lowest BCUT2D eigenvalue weighted by molar-refractivity contribution is -0.127. The van der Waals surface area contributed by atoms with Gasteiger partial charge in [-0.25, -0.2) is 4.98 Å². The molecule has 8 nitrogen and oxygen atoms in total. The number of nitrogens with zero attached hydrogens (tertiary/aromatic N) is 3. The van der Waals surface area contributed by atoms with Crippen molar-refractivity contribution in [3.63, 3.8) is 0 Å². The summed E-state index contributed by atoms with van der Waals surface area (Å²) in [6.07, 6.45) is -0.623. The Morgan fingerprint density at radius 3 is 2.93 bits per heavy atom. The summed E-state index contributed by atoms with van der Waals surface area (Å²) in [7, 11) is 0. The molecule has 2 aromatic rings. The number of morpholine rings is 1. The lowest BCUT2D eigenvalue weighted by Gasteiger charge is -2.32. The molecule has 3 heterocycles. The minimum Gasteiger partial charge on any atom is -0.479 e. The van der Waals surface area contributed by atoms with Gasteiger partial charge in [-0.3, -0.25) is 19.4 Å². The first kappa shape index (κ1) is 18.9. The monoisotopic (exact) mass is 402 g/mol. The second-order valence-electron chi connectivity index (χ2n) is 6.73. The van der Waals surface area contributed by atoms with Gasteiger partial charge in [0, 0.05) is 25.0 Å². The van der Waals surface area contributed by atoms with Crippen molar-refractivity contribution in [2.75, 3.05) is 43.1 Å². The first-order chi connectivity index (χ1) is 13.6. The normalized spacial score (nSPS) is 19.8. The van der Waals surface area contributed by atoms with Gasteiger partial charge in [-0.05, 0) is 19.1 Å². The van der Waals surface area contributed by atoms with E-state index in [1.807, 2.05) is 17.5 Å². The standard InChI is InChI=1S/C19H22N4O4S/c1-13-18(25)23(15-4-2-3-5-16(15)27-13)11-17(24)21-19-20-14(12-28-19)10-22-6-8-26-9-7-22/h2-5,12-13H,6-11H2,1H3,(H,20,21,24). The van der Waals surface area contributed by atoms with Gasteiger partial charge in [0.25, 0.3) is 5.91 Å². The highest BCUT2D eigenvalue weighted by Gasteiger charge is 2.32. The van der Waals surface area contributed by atoms with Gasteiger partial charge in [-0.1, -0.05) is 12.1 Å². The van der Waals surface area contributed by atoms with Gasteiger partial charge in [-0.2, -0.15) is 0 Å². The molecular weight excluding hydrogens is 380 g/mol. The third kappa shape index (κ3) is 4.16. The highest BCUT2D eigenvalue weighted by molar-refractivity contribution is 7.13.